The van der Waals surface area contributed by atoms with Gasteiger partial charge >= 0.3 is 0 Å². The summed E-state index contributed by atoms with van der Waals surface area (Å²) in [6.45, 7) is 0. The number of amides is 1. The van der Waals surface area contributed by atoms with Crippen molar-refractivity contribution in [3.05, 3.63) is 81.5 Å². The zero-order chi connectivity index (χ0) is 20.4. The molecule has 8 heteroatoms. The molecule has 0 saturated heterocycles. The Morgan fingerprint density at radius 1 is 1.10 bits per heavy atom. The third-order valence-electron chi connectivity index (χ3n) is 4.57. The Hall–Kier alpha value is -3.09. The smallest absolute Gasteiger partial charge is 0.255 e. The highest BCUT2D eigenvalue weighted by atomic mass is 35.5. The Bertz CT molecular complexity index is 1110. The lowest BCUT2D eigenvalue weighted by Gasteiger charge is -2.10. The number of pyridine rings is 1. The normalized spacial score (nSPS) is 13.9. The van der Waals surface area contributed by atoms with Crippen LogP contribution in [0.4, 0.5) is 5.69 Å². The molecule has 1 amide bonds. The number of rotatable bonds is 4. The van der Waals surface area contributed by atoms with Crippen molar-refractivity contribution in [2.45, 2.75) is 12.8 Å². The number of carbonyl (C=O) groups is 1. The van der Waals surface area contributed by atoms with Gasteiger partial charge in [0, 0.05) is 22.8 Å². The molecule has 0 radical (unpaired) electrons. The zero-order valence-electron chi connectivity index (χ0n) is 15.0. The molecule has 1 aromatic heterocycles. The van der Waals surface area contributed by atoms with Crippen molar-refractivity contribution in [1.82, 2.24) is 4.98 Å². The highest BCUT2D eigenvalue weighted by molar-refractivity contribution is 6.42. The molecule has 1 aliphatic rings. The van der Waals surface area contributed by atoms with Crippen LogP contribution in [0.1, 0.15) is 27.9 Å². The number of ether oxygens (including phenoxy) is 1. The molecule has 0 bridgehead atoms. The lowest BCUT2D eigenvalue weighted by Crippen LogP contribution is -2.12. The minimum Gasteiger partial charge on any atom is -0.439 e. The van der Waals surface area contributed by atoms with E-state index in [4.69, 9.17) is 33.1 Å². The maximum atomic E-state index is 12.3. The summed E-state index contributed by atoms with van der Waals surface area (Å²) >= 11 is 11.8. The number of nitrogens with one attached hydrogen (secondary N) is 1. The minimum atomic E-state index is -0.323. The molecule has 0 atom stereocenters. The van der Waals surface area contributed by atoms with E-state index in [1.54, 1.807) is 24.3 Å². The molecule has 0 aliphatic heterocycles. The zero-order valence-corrected chi connectivity index (χ0v) is 16.5. The third-order valence-corrected chi connectivity index (χ3v) is 5.31. The van der Waals surface area contributed by atoms with E-state index in [0.29, 0.717) is 45.1 Å². The van der Waals surface area contributed by atoms with Crippen molar-refractivity contribution < 1.29 is 14.7 Å². The van der Waals surface area contributed by atoms with E-state index in [1.807, 2.05) is 18.2 Å². The molecule has 0 unspecified atom stereocenters. The van der Waals surface area contributed by atoms with Gasteiger partial charge in [0.25, 0.3) is 5.91 Å². The Morgan fingerprint density at radius 3 is 2.69 bits per heavy atom. The highest BCUT2D eigenvalue weighted by Gasteiger charge is 2.22. The fourth-order valence-corrected chi connectivity index (χ4v) is 3.44. The fourth-order valence-electron chi connectivity index (χ4n) is 3.14. The molecular weight excluding hydrogens is 413 g/mol. The first-order chi connectivity index (χ1) is 14.0. The summed E-state index contributed by atoms with van der Waals surface area (Å²) in [5.41, 5.74) is 3.43. The van der Waals surface area contributed by atoms with Crippen molar-refractivity contribution in [3.63, 3.8) is 0 Å². The van der Waals surface area contributed by atoms with E-state index in [0.717, 1.165) is 17.5 Å². The quantitative estimate of drug-likeness (QED) is 0.421. The lowest BCUT2D eigenvalue weighted by molar-refractivity contribution is 0.102. The van der Waals surface area contributed by atoms with Gasteiger partial charge in [-0.15, -0.1) is 0 Å². The maximum absolute atomic E-state index is 12.3. The first-order valence-electron chi connectivity index (χ1n) is 8.78. The van der Waals surface area contributed by atoms with E-state index in [9.17, 15) is 4.79 Å². The molecule has 0 saturated carbocycles. The molecule has 1 heterocycles. The molecule has 3 aromatic rings. The van der Waals surface area contributed by atoms with Crippen LogP contribution < -0.4 is 10.1 Å². The van der Waals surface area contributed by atoms with E-state index in [-0.39, 0.29) is 5.91 Å². The number of anilines is 1. The number of fused-ring (bicyclic) bond motifs is 1. The summed E-state index contributed by atoms with van der Waals surface area (Å²) in [5, 5.41) is 15.9. The van der Waals surface area contributed by atoms with Gasteiger partial charge in [0.05, 0.1) is 27.6 Å². The van der Waals surface area contributed by atoms with E-state index in [1.165, 1.54) is 12.3 Å². The summed E-state index contributed by atoms with van der Waals surface area (Å²) in [7, 11) is 0. The van der Waals surface area contributed by atoms with Crippen LogP contribution in [0.25, 0.3) is 0 Å². The van der Waals surface area contributed by atoms with Crippen molar-refractivity contribution in [2.75, 3.05) is 5.32 Å². The molecule has 29 heavy (non-hydrogen) atoms. The summed E-state index contributed by atoms with van der Waals surface area (Å²) in [5.74, 6) is 0.734. The Kier molecular flexibility index (Phi) is 5.38. The predicted molar refractivity (Wildman–Crippen MR) is 112 cm³/mol. The van der Waals surface area contributed by atoms with Crippen LogP contribution in [0.5, 0.6) is 11.6 Å². The van der Waals surface area contributed by atoms with Gasteiger partial charge in [0.15, 0.2) is 0 Å². The number of nitrogens with zero attached hydrogens (tertiary/aromatic N) is 2. The Morgan fingerprint density at radius 2 is 1.97 bits per heavy atom. The second-order valence-electron chi connectivity index (χ2n) is 6.40. The van der Waals surface area contributed by atoms with Crippen LogP contribution in [0, 0.1) is 0 Å². The topological polar surface area (TPSA) is 83.8 Å². The van der Waals surface area contributed by atoms with Crippen LogP contribution >= 0.6 is 23.2 Å². The molecular formula is C21H15Cl2N3O3. The summed E-state index contributed by atoms with van der Waals surface area (Å²) in [4.78, 5) is 16.6. The number of hydrogen-bond donors (Lipinski definition) is 2. The number of oxime groups is 1. The average Bonchev–Trinajstić information content (AvgIpc) is 3.15. The van der Waals surface area contributed by atoms with Crippen LogP contribution in [0.2, 0.25) is 10.0 Å². The summed E-state index contributed by atoms with van der Waals surface area (Å²) < 4.78 is 5.90. The molecule has 6 nitrogen and oxygen atoms in total. The van der Waals surface area contributed by atoms with Crippen molar-refractivity contribution in [1.29, 1.82) is 0 Å². The minimum absolute atomic E-state index is 0.311. The van der Waals surface area contributed by atoms with Gasteiger partial charge in [0.2, 0.25) is 5.88 Å². The van der Waals surface area contributed by atoms with Crippen molar-refractivity contribution >= 4 is 40.5 Å². The number of hydrogen-bond acceptors (Lipinski definition) is 5. The first kappa shape index (κ1) is 19.2. The summed E-state index contributed by atoms with van der Waals surface area (Å²) in [6.07, 6.45) is 2.91. The Balaban J connectivity index is 1.47. The SMILES string of the molecule is O=C(Nc1ccc(Oc2cccc3c2CCC3=NO)nc1)c1ccc(Cl)c(Cl)c1. The Labute approximate surface area is 176 Å². The predicted octanol–water partition coefficient (Wildman–Crippen LogP) is 5.56. The lowest BCUT2D eigenvalue weighted by atomic mass is 10.1. The number of carbonyl (C=O) groups excluding carboxylic acids is 1. The monoisotopic (exact) mass is 427 g/mol. The number of aromatic nitrogens is 1. The van der Waals surface area contributed by atoms with Gasteiger partial charge in [-0.05, 0) is 43.2 Å². The molecule has 0 spiro atoms. The van der Waals surface area contributed by atoms with Crippen LogP contribution in [-0.2, 0) is 6.42 Å². The second-order valence-corrected chi connectivity index (χ2v) is 7.21. The van der Waals surface area contributed by atoms with Crippen molar-refractivity contribution in [2.24, 2.45) is 5.16 Å². The van der Waals surface area contributed by atoms with Gasteiger partial charge in [-0.3, -0.25) is 4.79 Å². The van der Waals surface area contributed by atoms with E-state index >= 15 is 0 Å². The number of benzene rings is 2. The van der Waals surface area contributed by atoms with Gasteiger partial charge < -0.3 is 15.3 Å². The number of halogens is 2. The first-order valence-corrected chi connectivity index (χ1v) is 9.54. The molecule has 146 valence electrons. The van der Waals surface area contributed by atoms with Crippen LogP contribution in [0.15, 0.2) is 59.9 Å². The molecule has 0 fully saturated rings. The van der Waals surface area contributed by atoms with E-state index < -0.39 is 0 Å². The van der Waals surface area contributed by atoms with Crippen LogP contribution in [0.3, 0.4) is 0 Å². The molecule has 2 N–H and O–H groups in total. The largest absolute Gasteiger partial charge is 0.439 e. The van der Waals surface area contributed by atoms with E-state index in [2.05, 4.69) is 15.5 Å². The van der Waals surface area contributed by atoms with Gasteiger partial charge in [-0.1, -0.05) is 40.5 Å². The maximum Gasteiger partial charge on any atom is 0.255 e. The molecule has 4 rings (SSSR count). The van der Waals surface area contributed by atoms with Crippen LogP contribution in [-0.4, -0.2) is 21.8 Å². The second kappa shape index (κ2) is 8.11. The highest BCUT2D eigenvalue weighted by Crippen LogP contribution is 2.33. The van der Waals surface area contributed by atoms with Gasteiger partial charge in [-0.2, -0.15) is 0 Å². The molecule has 1 aliphatic carbocycles. The average molecular weight is 428 g/mol. The summed E-state index contributed by atoms with van der Waals surface area (Å²) in [6, 6.07) is 13.6. The fraction of sp³-hybridized carbons (Fsp3) is 0.0952. The molecule has 2 aromatic carbocycles. The van der Waals surface area contributed by atoms with Gasteiger partial charge in [-0.25, -0.2) is 4.98 Å². The third kappa shape index (κ3) is 4.04. The van der Waals surface area contributed by atoms with Gasteiger partial charge in [0.1, 0.15) is 5.75 Å². The standard InChI is InChI=1S/C21H15Cl2N3O3/c22-16-7-4-12(10-17(16)23)21(27)25-13-5-9-20(24-11-13)29-19-3-1-2-14-15(19)6-8-18(14)26-28/h1-5,7,9-11,28H,6,8H2,(H,25,27). The van der Waals surface area contributed by atoms with Crippen molar-refractivity contribution in [3.8, 4) is 11.6 Å².